The van der Waals surface area contributed by atoms with Gasteiger partial charge in [0.15, 0.2) is 0 Å². The molecule has 0 aromatic heterocycles. The minimum atomic E-state index is -0.0905. The molecule has 0 aromatic carbocycles. The van der Waals surface area contributed by atoms with Crippen LogP contribution in [0.15, 0.2) is 0 Å². The summed E-state index contributed by atoms with van der Waals surface area (Å²) in [6.45, 7) is 13.7. The van der Waals surface area contributed by atoms with Crippen LogP contribution >= 0.6 is 0 Å². The number of hydrogen-bond donors (Lipinski definition) is 1. The van der Waals surface area contributed by atoms with Gasteiger partial charge < -0.3 is 10.5 Å². The topological polar surface area (TPSA) is 35.2 Å². The first kappa shape index (κ1) is 15.3. The zero-order chi connectivity index (χ0) is 14.5. The summed E-state index contributed by atoms with van der Waals surface area (Å²) in [4.78, 5) is 0. The average Bonchev–Trinajstić information content (AvgIpc) is 2.34. The quantitative estimate of drug-likeness (QED) is 0.720. The Balaban J connectivity index is 2.20. The van der Waals surface area contributed by atoms with Crippen molar-refractivity contribution in [1.29, 1.82) is 0 Å². The van der Waals surface area contributed by atoms with Crippen LogP contribution in [0.25, 0.3) is 0 Å². The first-order valence-corrected chi connectivity index (χ1v) is 7.95. The monoisotopic (exact) mass is 267 g/mol. The number of rotatable bonds is 1. The molecule has 2 atom stereocenters. The van der Waals surface area contributed by atoms with Crippen molar-refractivity contribution in [2.75, 3.05) is 0 Å². The highest BCUT2D eigenvalue weighted by molar-refractivity contribution is 5.07. The Kier molecular flexibility index (Phi) is 3.59. The predicted octanol–water partition coefficient (Wildman–Crippen LogP) is 4.27. The number of ether oxygens (including phenoxy) is 1. The summed E-state index contributed by atoms with van der Waals surface area (Å²) in [6.07, 6.45) is 7.21. The fraction of sp³-hybridized carbons (Fsp3) is 1.00. The van der Waals surface area contributed by atoms with Crippen LogP contribution in [0.4, 0.5) is 0 Å². The maximum absolute atomic E-state index is 6.90. The maximum atomic E-state index is 6.90. The molecular weight excluding hydrogens is 234 g/mol. The Morgan fingerprint density at radius 1 is 0.895 bits per heavy atom. The van der Waals surface area contributed by atoms with Gasteiger partial charge in [-0.1, -0.05) is 20.3 Å². The van der Waals surface area contributed by atoms with Gasteiger partial charge in [0.1, 0.15) is 0 Å². The Morgan fingerprint density at radius 2 is 1.53 bits per heavy atom. The Morgan fingerprint density at radius 3 is 2.05 bits per heavy atom. The van der Waals surface area contributed by atoms with E-state index in [0.29, 0.717) is 11.3 Å². The molecular formula is C17H33NO. The minimum Gasteiger partial charge on any atom is -0.369 e. The zero-order valence-corrected chi connectivity index (χ0v) is 13.8. The molecule has 2 heteroatoms. The van der Waals surface area contributed by atoms with Crippen molar-refractivity contribution in [2.45, 2.75) is 96.8 Å². The summed E-state index contributed by atoms with van der Waals surface area (Å²) < 4.78 is 6.28. The third-order valence-electron chi connectivity index (χ3n) is 5.53. The van der Waals surface area contributed by atoms with Gasteiger partial charge in [-0.05, 0) is 65.2 Å². The van der Waals surface area contributed by atoms with Gasteiger partial charge in [-0.3, -0.25) is 0 Å². The molecule has 1 heterocycles. The van der Waals surface area contributed by atoms with E-state index in [-0.39, 0.29) is 16.7 Å². The van der Waals surface area contributed by atoms with Crippen LogP contribution in [-0.4, -0.2) is 16.7 Å². The van der Waals surface area contributed by atoms with Crippen molar-refractivity contribution in [3.05, 3.63) is 0 Å². The average molecular weight is 267 g/mol. The molecule has 0 bridgehead atoms. The fourth-order valence-electron chi connectivity index (χ4n) is 4.52. The molecule has 0 amide bonds. The van der Waals surface area contributed by atoms with Crippen LogP contribution < -0.4 is 5.73 Å². The van der Waals surface area contributed by atoms with Gasteiger partial charge in [0.2, 0.25) is 0 Å². The third kappa shape index (κ3) is 3.16. The van der Waals surface area contributed by atoms with Crippen molar-refractivity contribution < 1.29 is 4.74 Å². The zero-order valence-electron chi connectivity index (χ0n) is 13.8. The highest BCUT2D eigenvalue weighted by Gasteiger charge is 2.54. The summed E-state index contributed by atoms with van der Waals surface area (Å²) in [7, 11) is 0. The van der Waals surface area contributed by atoms with Crippen LogP contribution in [0.1, 0.15) is 80.1 Å². The summed E-state index contributed by atoms with van der Waals surface area (Å²) in [5.41, 5.74) is 7.21. The largest absolute Gasteiger partial charge is 0.369 e. The van der Waals surface area contributed by atoms with E-state index in [2.05, 4.69) is 41.5 Å². The lowest BCUT2D eigenvalue weighted by molar-refractivity contribution is -0.0829. The van der Waals surface area contributed by atoms with Crippen LogP contribution in [0.5, 0.6) is 0 Å². The standard InChI is InChI=1S/C17H33NO/c1-14(2)8-7-9-17(18,11-10-14)13-12-15(3,4)19-16(13,5)6/h13H,7-12,18H2,1-6H3. The summed E-state index contributed by atoms with van der Waals surface area (Å²) in [5.74, 6) is 0.476. The molecule has 1 saturated heterocycles. The van der Waals surface area contributed by atoms with Crippen molar-refractivity contribution in [2.24, 2.45) is 17.1 Å². The lowest BCUT2D eigenvalue weighted by Gasteiger charge is -2.41. The van der Waals surface area contributed by atoms with Gasteiger partial charge in [0, 0.05) is 11.5 Å². The third-order valence-corrected chi connectivity index (χ3v) is 5.53. The molecule has 1 saturated carbocycles. The van der Waals surface area contributed by atoms with Gasteiger partial charge in [0.25, 0.3) is 0 Å². The molecule has 2 N–H and O–H groups in total. The Labute approximate surface area is 119 Å². The molecule has 0 radical (unpaired) electrons. The Bertz CT molecular complexity index is 345. The molecule has 2 fully saturated rings. The second-order valence-corrected chi connectivity index (χ2v) is 8.97. The van der Waals surface area contributed by atoms with Crippen LogP contribution in [0.3, 0.4) is 0 Å². The van der Waals surface area contributed by atoms with Crippen molar-refractivity contribution in [3.8, 4) is 0 Å². The van der Waals surface area contributed by atoms with E-state index in [1.54, 1.807) is 0 Å². The Hall–Kier alpha value is -0.0800. The lowest BCUT2D eigenvalue weighted by atomic mass is 9.69. The highest BCUT2D eigenvalue weighted by atomic mass is 16.5. The molecule has 2 aliphatic rings. The highest BCUT2D eigenvalue weighted by Crippen LogP contribution is 2.51. The van der Waals surface area contributed by atoms with Gasteiger partial charge >= 0.3 is 0 Å². The minimum absolute atomic E-state index is 0.0254. The van der Waals surface area contributed by atoms with E-state index in [4.69, 9.17) is 10.5 Å². The van der Waals surface area contributed by atoms with Gasteiger partial charge in [-0.25, -0.2) is 0 Å². The van der Waals surface area contributed by atoms with Gasteiger partial charge in [0.05, 0.1) is 11.2 Å². The SMILES string of the molecule is CC1(C)CCCC(N)(C2CC(C)(C)OC2(C)C)CC1. The van der Waals surface area contributed by atoms with E-state index in [1.165, 1.54) is 19.3 Å². The molecule has 2 nitrogen and oxygen atoms in total. The van der Waals surface area contributed by atoms with E-state index in [1.807, 2.05) is 0 Å². The smallest absolute Gasteiger partial charge is 0.0680 e. The predicted molar refractivity (Wildman–Crippen MR) is 81.1 cm³/mol. The summed E-state index contributed by atoms with van der Waals surface area (Å²) in [5, 5.41) is 0. The van der Waals surface area contributed by atoms with Gasteiger partial charge in [-0.2, -0.15) is 0 Å². The molecule has 2 rings (SSSR count). The molecule has 0 aromatic rings. The lowest BCUT2D eigenvalue weighted by Crippen LogP contribution is -2.53. The van der Waals surface area contributed by atoms with Crippen LogP contribution in [-0.2, 0) is 4.74 Å². The first-order chi connectivity index (χ1) is 8.46. The molecule has 19 heavy (non-hydrogen) atoms. The molecule has 2 unspecified atom stereocenters. The first-order valence-electron chi connectivity index (χ1n) is 7.95. The van der Waals surface area contributed by atoms with Crippen molar-refractivity contribution in [3.63, 3.8) is 0 Å². The second-order valence-electron chi connectivity index (χ2n) is 8.97. The van der Waals surface area contributed by atoms with Gasteiger partial charge in [-0.15, -0.1) is 0 Å². The normalized spacial score (nSPS) is 40.9. The van der Waals surface area contributed by atoms with Crippen LogP contribution in [0, 0.1) is 11.3 Å². The van der Waals surface area contributed by atoms with E-state index in [9.17, 15) is 0 Å². The molecule has 1 aliphatic carbocycles. The fourth-order valence-corrected chi connectivity index (χ4v) is 4.52. The van der Waals surface area contributed by atoms with Crippen LogP contribution in [0.2, 0.25) is 0 Å². The van der Waals surface area contributed by atoms with E-state index in [0.717, 1.165) is 19.3 Å². The molecule has 1 aliphatic heterocycles. The molecule has 112 valence electrons. The van der Waals surface area contributed by atoms with E-state index < -0.39 is 0 Å². The summed E-state index contributed by atoms with van der Waals surface area (Å²) in [6, 6.07) is 0. The van der Waals surface area contributed by atoms with E-state index >= 15 is 0 Å². The van der Waals surface area contributed by atoms with Crippen molar-refractivity contribution >= 4 is 0 Å². The van der Waals surface area contributed by atoms with Crippen molar-refractivity contribution in [1.82, 2.24) is 0 Å². The summed E-state index contributed by atoms with van der Waals surface area (Å²) >= 11 is 0. The maximum Gasteiger partial charge on any atom is 0.0680 e. The number of nitrogens with two attached hydrogens (primary N) is 1. The number of hydrogen-bond acceptors (Lipinski definition) is 2. The second kappa shape index (κ2) is 4.46. The molecule has 0 spiro atoms.